The number of nitrogens with one attached hydrogen (secondary N) is 1. The van der Waals surface area contributed by atoms with Gasteiger partial charge in [0.2, 0.25) is 0 Å². The zero-order valence-corrected chi connectivity index (χ0v) is 14.4. The third-order valence-electron chi connectivity index (χ3n) is 3.36. The predicted molar refractivity (Wildman–Crippen MR) is 98.7 cm³/mol. The van der Waals surface area contributed by atoms with Crippen molar-refractivity contribution in [3.63, 3.8) is 0 Å². The number of aromatic nitrogens is 2. The van der Waals surface area contributed by atoms with Crippen molar-refractivity contribution in [1.82, 2.24) is 9.97 Å². The van der Waals surface area contributed by atoms with Crippen LogP contribution in [0, 0.1) is 0 Å². The first kappa shape index (κ1) is 16.6. The second-order valence-corrected chi connectivity index (χ2v) is 5.92. The summed E-state index contributed by atoms with van der Waals surface area (Å²) >= 11 is 12.2. The van der Waals surface area contributed by atoms with Crippen molar-refractivity contribution in [3.8, 4) is 5.75 Å². The van der Waals surface area contributed by atoms with Crippen LogP contribution in [0.5, 0.6) is 5.75 Å². The Balaban J connectivity index is 2.02. The van der Waals surface area contributed by atoms with E-state index in [1.54, 1.807) is 24.3 Å². The Morgan fingerprint density at radius 3 is 2.92 bits per heavy atom. The summed E-state index contributed by atoms with van der Waals surface area (Å²) in [6, 6.07) is 12.5. The smallest absolute Gasteiger partial charge is 0.259 e. The minimum absolute atomic E-state index is 0.285. The highest BCUT2D eigenvalue weighted by Crippen LogP contribution is 2.23. The third kappa shape index (κ3) is 3.61. The van der Waals surface area contributed by atoms with E-state index in [0.717, 1.165) is 11.3 Å². The van der Waals surface area contributed by atoms with Crippen molar-refractivity contribution >= 4 is 45.2 Å². The number of hydrogen-bond acceptors (Lipinski definition) is 3. The van der Waals surface area contributed by atoms with E-state index in [1.165, 1.54) is 0 Å². The molecule has 0 aliphatic heterocycles. The molecule has 0 saturated carbocycles. The van der Waals surface area contributed by atoms with Gasteiger partial charge in [0.15, 0.2) is 5.82 Å². The summed E-state index contributed by atoms with van der Waals surface area (Å²) < 4.78 is 5.46. The number of nitrogens with zero attached hydrogens (tertiary/aromatic N) is 1. The average Bonchev–Trinajstić information content (AvgIpc) is 2.56. The van der Waals surface area contributed by atoms with Gasteiger partial charge >= 0.3 is 0 Å². The lowest BCUT2D eigenvalue weighted by molar-refractivity contribution is 0.340. The SMILES string of the molecule is CCOc1cccc(/C=C(\Cl)c2nc3ccc(Cl)cc3c(=O)[nH]2)c1. The molecule has 4 nitrogen and oxygen atoms in total. The van der Waals surface area contributed by atoms with E-state index in [2.05, 4.69) is 9.97 Å². The van der Waals surface area contributed by atoms with Crippen LogP contribution in [0.2, 0.25) is 5.02 Å². The Morgan fingerprint density at radius 2 is 2.12 bits per heavy atom. The standard InChI is InChI=1S/C18H14Cl2N2O2/c1-2-24-13-5-3-4-11(8-13)9-15(20)17-21-16-7-6-12(19)10-14(16)18(23)22-17/h3-10H,2H2,1H3,(H,21,22,23)/b15-9-. The Labute approximate surface area is 148 Å². The summed E-state index contributed by atoms with van der Waals surface area (Å²) in [6.45, 7) is 2.51. The molecule has 0 bridgehead atoms. The summed E-state index contributed by atoms with van der Waals surface area (Å²) in [5.74, 6) is 1.06. The number of rotatable bonds is 4. The van der Waals surface area contributed by atoms with E-state index in [0.29, 0.717) is 33.4 Å². The number of hydrogen-bond donors (Lipinski definition) is 1. The third-order valence-corrected chi connectivity index (χ3v) is 3.88. The first-order chi connectivity index (χ1) is 11.6. The molecule has 3 aromatic rings. The molecule has 24 heavy (non-hydrogen) atoms. The van der Waals surface area contributed by atoms with Crippen LogP contribution >= 0.6 is 23.2 Å². The molecule has 1 N–H and O–H groups in total. The maximum absolute atomic E-state index is 12.2. The van der Waals surface area contributed by atoms with E-state index < -0.39 is 0 Å². The number of H-pyrrole nitrogens is 1. The first-order valence-electron chi connectivity index (χ1n) is 7.37. The molecule has 3 rings (SSSR count). The van der Waals surface area contributed by atoms with Gasteiger partial charge in [-0.15, -0.1) is 0 Å². The van der Waals surface area contributed by atoms with Gasteiger partial charge in [-0.1, -0.05) is 35.3 Å². The van der Waals surface area contributed by atoms with Crippen LogP contribution in [0.3, 0.4) is 0 Å². The lowest BCUT2D eigenvalue weighted by atomic mass is 10.2. The fraction of sp³-hybridized carbons (Fsp3) is 0.111. The monoisotopic (exact) mass is 360 g/mol. The summed E-state index contributed by atoms with van der Waals surface area (Å²) in [5.41, 5.74) is 1.10. The van der Waals surface area contributed by atoms with Crippen LogP contribution in [0.25, 0.3) is 22.0 Å². The topological polar surface area (TPSA) is 55.0 Å². The summed E-state index contributed by atoms with van der Waals surface area (Å²) in [6.07, 6.45) is 1.73. The number of fused-ring (bicyclic) bond motifs is 1. The van der Waals surface area contributed by atoms with Gasteiger partial charge in [0.1, 0.15) is 5.75 Å². The first-order valence-corrected chi connectivity index (χ1v) is 8.12. The molecule has 0 atom stereocenters. The van der Waals surface area contributed by atoms with Gasteiger partial charge in [0, 0.05) is 5.02 Å². The normalized spacial score (nSPS) is 11.7. The number of halogens is 2. The van der Waals surface area contributed by atoms with Gasteiger partial charge in [-0.05, 0) is 48.9 Å². The Morgan fingerprint density at radius 1 is 1.29 bits per heavy atom. The van der Waals surface area contributed by atoms with Crippen molar-refractivity contribution in [2.24, 2.45) is 0 Å². The molecule has 0 aliphatic carbocycles. The molecule has 1 heterocycles. The molecule has 0 saturated heterocycles. The maximum Gasteiger partial charge on any atom is 0.259 e. The molecule has 0 unspecified atom stereocenters. The Hall–Kier alpha value is -2.30. The van der Waals surface area contributed by atoms with Crippen LogP contribution in [-0.4, -0.2) is 16.6 Å². The fourth-order valence-electron chi connectivity index (χ4n) is 2.30. The van der Waals surface area contributed by atoms with Crippen molar-refractivity contribution in [2.75, 3.05) is 6.61 Å². The lowest BCUT2D eigenvalue weighted by Gasteiger charge is -2.05. The van der Waals surface area contributed by atoms with E-state index in [-0.39, 0.29) is 5.56 Å². The molecule has 0 radical (unpaired) electrons. The molecular formula is C18H14Cl2N2O2. The highest BCUT2D eigenvalue weighted by atomic mass is 35.5. The highest BCUT2D eigenvalue weighted by Gasteiger charge is 2.07. The van der Waals surface area contributed by atoms with E-state index >= 15 is 0 Å². The Bertz CT molecular complexity index is 980. The molecule has 6 heteroatoms. The maximum atomic E-state index is 12.2. The summed E-state index contributed by atoms with van der Waals surface area (Å²) in [4.78, 5) is 19.3. The fourth-order valence-corrected chi connectivity index (χ4v) is 2.69. The van der Waals surface area contributed by atoms with Gasteiger partial charge < -0.3 is 9.72 Å². The number of ether oxygens (including phenoxy) is 1. The molecule has 0 amide bonds. The lowest BCUT2D eigenvalue weighted by Crippen LogP contribution is -2.10. The quantitative estimate of drug-likeness (QED) is 0.732. The van der Waals surface area contributed by atoms with Crippen molar-refractivity contribution in [3.05, 3.63) is 69.2 Å². The van der Waals surface area contributed by atoms with E-state index in [1.807, 2.05) is 31.2 Å². The van der Waals surface area contributed by atoms with Crippen molar-refractivity contribution < 1.29 is 4.74 Å². The molecule has 2 aromatic carbocycles. The second-order valence-electron chi connectivity index (χ2n) is 5.07. The largest absolute Gasteiger partial charge is 0.494 e. The van der Waals surface area contributed by atoms with Gasteiger partial charge in [-0.25, -0.2) is 4.98 Å². The van der Waals surface area contributed by atoms with E-state index in [4.69, 9.17) is 27.9 Å². The minimum Gasteiger partial charge on any atom is -0.494 e. The van der Waals surface area contributed by atoms with Crippen molar-refractivity contribution in [1.29, 1.82) is 0 Å². The molecule has 122 valence electrons. The molecule has 1 aromatic heterocycles. The number of benzene rings is 2. The van der Waals surface area contributed by atoms with Crippen LogP contribution in [0.1, 0.15) is 18.3 Å². The Kier molecular flexibility index (Phi) is 4.88. The van der Waals surface area contributed by atoms with Crippen LogP contribution in [-0.2, 0) is 0 Å². The molecule has 0 spiro atoms. The molecule has 0 fully saturated rings. The second kappa shape index (κ2) is 7.07. The van der Waals surface area contributed by atoms with Crippen LogP contribution in [0.15, 0.2) is 47.3 Å². The van der Waals surface area contributed by atoms with Crippen molar-refractivity contribution in [2.45, 2.75) is 6.92 Å². The van der Waals surface area contributed by atoms with E-state index in [9.17, 15) is 4.79 Å². The van der Waals surface area contributed by atoms with Gasteiger partial charge in [-0.3, -0.25) is 4.79 Å². The highest BCUT2D eigenvalue weighted by molar-refractivity contribution is 6.50. The average molecular weight is 361 g/mol. The van der Waals surface area contributed by atoms with Gasteiger partial charge in [-0.2, -0.15) is 0 Å². The summed E-state index contributed by atoms with van der Waals surface area (Å²) in [5, 5.41) is 1.24. The number of aromatic amines is 1. The van der Waals surface area contributed by atoms with Crippen LogP contribution < -0.4 is 10.3 Å². The van der Waals surface area contributed by atoms with Gasteiger partial charge in [0.25, 0.3) is 5.56 Å². The molecular weight excluding hydrogens is 347 g/mol. The molecule has 0 aliphatic rings. The minimum atomic E-state index is -0.285. The van der Waals surface area contributed by atoms with Gasteiger partial charge in [0.05, 0.1) is 22.5 Å². The zero-order valence-electron chi connectivity index (χ0n) is 12.8. The zero-order chi connectivity index (χ0) is 17.1. The predicted octanol–water partition coefficient (Wildman–Crippen LogP) is 4.71. The van der Waals surface area contributed by atoms with Crippen LogP contribution in [0.4, 0.5) is 0 Å². The summed E-state index contributed by atoms with van der Waals surface area (Å²) in [7, 11) is 0.